The van der Waals surface area contributed by atoms with E-state index in [1.807, 2.05) is 0 Å². The van der Waals surface area contributed by atoms with Gasteiger partial charge in [0.05, 0.1) is 39.5 Å². The van der Waals surface area contributed by atoms with E-state index in [0.717, 1.165) is 65.7 Å². The highest BCUT2D eigenvalue weighted by Gasteiger charge is 2.17. The standard InChI is InChI=1S/C19H28N2O4/c1-23-19(22)18(6-2-4-8-20-10-14-24-15-11-20)7-3-5-9-21-12-16-25-17-13-21/h18H,6-17H2,1H3/p+2. The second-order valence-corrected chi connectivity index (χ2v) is 6.41. The van der Waals surface area contributed by atoms with Gasteiger partial charge in [0.25, 0.3) is 0 Å². The molecule has 0 saturated carbocycles. The quantitative estimate of drug-likeness (QED) is 0.422. The number of methoxy groups -OCH3 is 1. The van der Waals surface area contributed by atoms with Crippen molar-refractivity contribution in [3.8, 4) is 23.7 Å². The topological polar surface area (TPSA) is 53.6 Å². The highest BCUT2D eigenvalue weighted by Crippen LogP contribution is 2.08. The number of hydrogen-bond acceptors (Lipinski definition) is 4. The van der Waals surface area contributed by atoms with Crippen molar-refractivity contribution in [1.29, 1.82) is 0 Å². The van der Waals surface area contributed by atoms with Crippen molar-refractivity contribution in [2.24, 2.45) is 5.92 Å². The first kappa shape index (κ1) is 19.8. The van der Waals surface area contributed by atoms with Crippen molar-refractivity contribution >= 4 is 5.97 Å². The normalized spacial score (nSPS) is 18.8. The van der Waals surface area contributed by atoms with E-state index < -0.39 is 0 Å². The van der Waals surface area contributed by atoms with E-state index in [1.165, 1.54) is 16.9 Å². The molecule has 6 heteroatoms. The van der Waals surface area contributed by atoms with Gasteiger partial charge in [-0.05, 0) is 11.8 Å². The van der Waals surface area contributed by atoms with Gasteiger partial charge in [-0.1, -0.05) is 11.8 Å². The Morgan fingerprint density at radius 2 is 1.32 bits per heavy atom. The predicted molar refractivity (Wildman–Crippen MR) is 93.1 cm³/mol. The zero-order chi connectivity index (χ0) is 17.7. The third-order valence-corrected chi connectivity index (χ3v) is 4.56. The summed E-state index contributed by atoms with van der Waals surface area (Å²) in [6.45, 7) is 8.87. The lowest BCUT2D eigenvalue weighted by atomic mass is 10.0. The zero-order valence-corrected chi connectivity index (χ0v) is 15.2. The molecule has 0 bridgehead atoms. The van der Waals surface area contributed by atoms with Crippen LogP contribution >= 0.6 is 0 Å². The third kappa shape index (κ3) is 7.90. The fourth-order valence-electron chi connectivity index (χ4n) is 2.84. The van der Waals surface area contributed by atoms with E-state index in [1.54, 1.807) is 0 Å². The molecular formula is C19H30N2O4+2. The molecule has 0 aromatic heterocycles. The third-order valence-electron chi connectivity index (χ3n) is 4.56. The van der Waals surface area contributed by atoms with Gasteiger partial charge in [-0.3, -0.25) is 4.79 Å². The Balaban J connectivity index is 1.73. The fourth-order valence-corrected chi connectivity index (χ4v) is 2.84. The molecule has 0 atom stereocenters. The molecule has 2 aliphatic heterocycles. The molecular weight excluding hydrogens is 320 g/mol. The van der Waals surface area contributed by atoms with Crippen molar-refractivity contribution in [3.63, 3.8) is 0 Å². The van der Waals surface area contributed by atoms with Crippen LogP contribution in [0, 0.1) is 29.6 Å². The Bertz CT molecular complexity index is 477. The Hall–Kier alpha value is -1.57. The lowest BCUT2D eigenvalue weighted by Crippen LogP contribution is -3.14. The second kappa shape index (κ2) is 11.9. The van der Waals surface area contributed by atoms with Gasteiger partial charge >= 0.3 is 5.97 Å². The first-order valence-corrected chi connectivity index (χ1v) is 9.11. The molecule has 0 amide bonds. The SMILES string of the molecule is COC(=O)C(CC#CC[NH+]1CCOCC1)CC#CC[NH+]1CCOCC1. The molecule has 2 saturated heterocycles. The highest BCUT2D eigenvalue weighted by molar-refractivity contribution is 5.73. The Labute approximate surface area is 150 Å². The minimum Gasteiger partial charge on any atom is -0.469 e. The van der Waals surface area contributed by atoms with Crippen LogP contribution in [0.5, 0.6) is 0 Å². The fraction of sp³-hybridized carbons (Fsp3) is 0.737. The largest absolute Gasteiger partial charge is 0.469 e. The predicted octanol–water partition coefficient (Wildman–Crippen LogP) is -2.61. The molecule has 0 unspecified atom stereocenters. The molecule has 25 heavy (non-hydrogen) atoms. The molecule has 0 spiro atoms. The summed E-state index contributed by atoms with van der Waals surface area (Å²) in [6, 6.07) is 0. The molecule has 0 aromatic rings. The van der Waals surface area contributed by atoms with Crippen molar-refractivity contribution in [2.75, 3.05) is 72.8 Å². The molecule has 6 nitrogen and oxygen atoms in total. The van der Waals surface area contributed by atoms with E-state index in [4.69, 9.17) is 14.2 Å². The molecule has 0 aliphatic carbocycles. The van der Waals surface area contributed by atoms with Gasteiger partial charge in [-0.2, -0.15) is 0 Å². The minimum absolute atomic E-state index is 0.221. The first-order valence-electron chi connectivity index (χ1n) is 9.11. The van der Waals surface area contributed by atoms with Gasteiger partial charge in [0.1, 0.15) is 39.3 Å². The van der Waals surface area contributed by atoms with Crippen LogP contribution in [0.25, 0.3) is 0 Å². The molecule has 138 valence electrons. The number of carbonyl (C=O) groups is 1. The maximum Gasteiger partial charge on any atom is 0.310 e. The molecule has 0 aromatic carbocycles. The first-order chi connectivity index (χ1) is 12.3. The van der Waals surface area contributed by atoms with Crippen LogP contribution in [0.4, 0.5) is 0 Å². The molecule has 2 N–H and O–H groups in total. The average molecular weight is 350 g/mol. The Morgan fingerprint density at radius 1 is 0.880 bits per heavy atom. The lowest BCUT2D eigenvalue weighted by molar-refractivity contribution is -0.900. The molecule has 0 radical (unpaired) electrons. The number of nitrogens with one attached hydrogen (secondary N) is 2. The summed E-state index contributed by atoms with van der Waals surface area (Å²) in [6.07, 6.45) is 1.02. The van der Waals surface area contributed by atoms with Crippen LogP contribution < -0.4 is 9.80 Å². The molecule has 2 fully saturated rings. The lowest BCUT2D eigenvalue weighted by Gasteiger charge is -2.21. The number of esters is 1. The number of hydrogen-bond donors (Lipinski definition) is 2. The van der Waals surface area contributed by atoms with Gasteiger partial charge in [-0.15, -0.1) is 0 Å². The summed E-state index contributed by atoms with van der Waals surface area (Å²) in [7, 11) is 1.42. The van der Waals surface area contributed by atoms with Crippen molar-refractivity contribution in [1.82, 2.24) is 0 Å². The van der Waals surface area contributed by atoms with Crippen molar-refractivity contribution in [3.05, 3.63) is 0 Å². The van der Waals surface area contributed by atoms with Gasteiger partial charge in [0.2, 0.25) is 0 Å². The molecule has 2 heterocycles. The van der Waals surface area contributed by atoms with E-state index >= 15 is 0 Å². The maximum absolute atomic E-state index is 11.9. The van der Waals surface area contributed by atoms with Crippen LogP contribution in [-0.2, 0) is 19.0 Å². The summed E-state index contributed by atoms with van der Waals surface area (Å²) >= 11 is 0. The van der Waals surface area contributed by atoms with Gasteiger partial charge in [0.15, 0.2) is 0 Å². The van der Waals surface area contributed by atoms with Crippen LogP contribution in [0.1, 0.15) is 12.8 Å². The number of morpholine rings is 2. The van der Waals surface area contributed by atoms with Crippen LogP contribution in [0.15, 0.2) is 0 Å². The Morgan fingerprint density at radius 3 is 1.72 bits per heavy atom. The van der Waals surface area contributed by atoms with Gasteiger partial charge < -0.3 is 24.0 Å². The summed E-state index contributed by atoms with van der Waals surface area (Å²) in [5, 5.41) is 0. The van der Waals surface area contributed by atoms with Crippen LogP contribution in [0.3, 0.4) is 0 Å². The summed E-state index contributed by atoms with van der Waals surface area (Å²) in [4.78, 5) is 14.8. The minimum atomic E-state index is -0.260. The number of carbonyl (C=O) groups excluding carboxylic acids is 1. The second-order valence-electron chi connectivity index (χ2n) is 6.41. The summed E-state index contributed by atoms with van der Waals surface area (Å²) in [5.41, 5.74) is 0. The zero-order valence-electron chi connectivity index (χ0n) is 15.2. The number of ether oxygens (including phenoxy) is 3. The number of quaternary nitrogens is 2. The maximum atomic E-state index is 11.9. The monoisotopic (exact) mass is 350 g/mol. The van der Waals surface area contributed by atoms with Gasteiger partial charge in [0, 0.05) is 12.8 Å². The van der Waals surface area contributed by atoms with Crippen molar-refractivity contribution in [2.45, 2.75) is 12.8 Å². The highest BCUT2D eigenvalue weighted by atomic mass is 16.5. The van der Waals surface area contributed by atoms with E-state index in [2.05, 4.69) is 23.7 Å². The van der Waals surface area contributed by atoms with E-state index in [-0.39, 0.29) is 11.9 Å². The summed E-state index contributed by atoms with van der Waals surface area (Å²) in [5.74, 6) is 12.2. The van der Waals surface area contributed by atoms with Crippen molar-refractivity contribution < 1.29 is 28.8 Å². The summed E-state index contributed by atoms with van der Waals surface area (Å²) < 4.78 is 15.6. The molecule has 2 rings (SSSR count). The van der Waals surface area contributed by atoms with E-state index in [9.17, 15) is 4.79 Å². The Kier molecular flexibility index (Phi) is 9.40. The van der Waals surface area contributed by atoms with Gasteiger partial charge in [-0.25, -0.2) is 0 Å². The average Bonchev–Trinajstić information content (AvgIpc) is 2.67. The van der Waals surface area contributed by atoms with Crippen LogP contribution in [-0.4, -0.2) is 78.8 Å². The van der Waals surface area contributed by atoms with E-state index in [0.29, 0.717) is 12.8 Å². The smallest absolute Gasteiger partial charge is 0.310 e. The number of rotatable bonds is 5. The van der Waals surface area contributed by atoms with Crippen LogP contribution in [0.2, 0.25) is 0 Å². The molecule has 2 aliphatic rings.